The first kappa shape index (κ1) is 21.4. The first-order valence-corrected chi connectivity index (χ1v) is 9.62. The summed E-state index contributed by atoms with van der Waals surface area (Å²) in [6.45, 7) is 7.74. The molecule has 2 rings (SSSR count). The number of ether oxygens (including phenoxy) is 2. The Hall–Kier alpha value is -1.90. The third-order valence-electron chi connectivity index (χ3n) is 4.51. The lowest BCUT2D eigenvalue weighted by atomic mass is 10.2. The van der Waals surface area contributed by atoms with E-state index in [9.17, 15) is 0 Å². The van der Waals surface area contributed by atoms with Crippen LogP contribution < -0.4 is 15.5 Å². The van der Waals surface area contributed by atoms with Crippen LogP contribution in [0.5, 0.6) is 0 Å². The maximum atomic E-state index is 5.45. The summed E-state index contributed by atoms with van der Waals surface area (Å²) in [6.07, 6.45) is 2.86. The lowest BCUT2D eigenvalue weighted by Crippen LogP contribution is -2.44. The van der Waals surface area contributed by atoms with E-state index in [2.05, 4.69) is 49.6 Å². The Morgan fingerprint density at radius 2 is 1.96 bits per heavy atom. The minimum Gasteiger partial charge on any atom is -0.382 e. The molecule has 1 saturated heterocycles. The normalized spacial score (nSPS) is 15.8. The van der Waals surface area contributed by atoms with Gasteiger partial charge in [-0.2, -0.15) is 0 Å². The van der Waals surface area contributed by atoms with Crippen LogP contribution in [0, 0.1) is 0 Å². The van der Waals surface area contributed by atoms with Crippen LogP contribution in [0.25, 0.3) is 0 Å². The van der Waals surface area contributed by atoms with Gasteiger partial charge in [-0.25, -0.2) is 4.98 Å². The number of likely N-dealkylation sites (N-methyl/N-ethyl adjacent to an activating group) is 1. The molecule has 1 aromatic heterocycles. The molecule has 0 saturated carbocycles. The van der Waals surface area contributed by atoms with Gasteiger partial charge in [-0.15, -0.1) is 0 Å². The first-order chi connectivity index (χ1) is 13.2. The molecule has 8 nitrogen and oxygen atoms in total. The molecule has 2 heterocycles. The Morgan fingerprint density at radius 3 is 2.63 bits per heavy atom. The molecule has 0 bridgehead atoms. The predicted octanol–water partition coefficient (Wildman–Crippen LogP) is 0.552. The Bertz CT molecular complexity index is 544. The highest BCUT2D eigenvalue weighted by atomic mass is 16.5. The van der Waals surface area contributed by atoms with E-state index >= 15 is 0 Å². The van der Waals surface area contributed by atoms with Crippen molar-refractivity contribution in [2.45, 2.75) is 13.0 Å². The lowest BCUT2D eigenvalue weighted by molar-refractivity contribution is 0.0698. The molecule has 152 valence electrons. The third kappa shape index (κ3) is 8.11. The molecule has 1 aliphatic heterocycles. The number of nitrogens with one attached hydrogen (secondary N) is 2. The molecular weight excluding hydrogens is 344 g/mol. The maximum Gasteiger partial charge on any atom is 0.191 e. The quantitative estimate of drug-likeness (QED) is 0.350. The van der Waals surface area contributed by atoms with Gasteiger partial charge >= 0.3 is 0 Å². The van der Waals surface area contributed by atoms with E-state index in [-0.39, 0.29) is 0 Å². The van der Waals surface area contributed by atoms with E-state index in [4.69, 9.17) is 9.47 Å². The summed E-state index contributed by atoms with van der Waals surface area (Å²) in [7, 11) is 5.62. The molecule has 0 atom stereocenters. The molecule has 0 aliphatic carbocycles. The van der Waals surface area contributed by atoms with Crippen LogP contribution in [0.4, 0.5) is 5.82 Å². The molecule has 27 heavy (non-hydrogen) atoms. The number of methoxy groups -OCH3 is 1. The number of hydrogen-bond donors (Lipinski definition) is 2. The summed E-state index contributed by atoms with van der Waals surface area (Å²) in [5, 5.41) is 6.61. The van der Waals surface area contributed by atoms with Crippen molar-refractivity contribution in [2.75, 3.05) is 78.6 Å². The van der Waals surface area contributed by atoms with E-state index in [1.54, 1.807) is 14.2 Å². The number of guanidine groups is 1. The van der Waals surface area contributed by atoms with E-state index in [0.29, 0.717) is 26.4 Å². The van der Waals surface area contributed by atoms with Crippen molar-refractivity contribution in [1.29, 1.82) is 0 Å². The Labute approximate surface area is 162 Å². The van der Waals surface area contributed by atoms with Crippen LogP contribution in [0.15, 0.2) is 23.3 Å². The van der Waals surface area contributed by atoms with Crippen molar-refractivity contribution in [1.82, 2.24) is 20.5 Å². The lowest BCUT2D eigenvalue weighted by Gasteiger charge is -2.33. The van der Waals surface area contributed by atoms with Crippen molar-refractivity contribution in [2.24, 2.45) is 4.99 Å². The SMILES string of the molecule is CN=C(NCCCOCCOC)NCc1ccc(N2CCN(C)CC2)nc1. The molecule has 8 heteroatoms. The molecule has 1 aromatic rings. The molecule has 0 unspecified atom stereocenters. The highest BCUT2D eigenvalue weighted by Gasteiger charge is 2.14. The van der Waals surface area contributed by atoms with E-state index in [1.807, 2.05) is 6.20 Å². The molecule has 0 amide bonds. The second kappa shape index (κ2) is 12.5. The van der Waals surface area contributed by atoms with Gasteiger partial charge < -0.3 is 29.9 Å². The summed E-state index contributed by atoms with van der Waals surface area (Å²) in [5.74, 6) is 1.85. The molecular formula is C19H34N6O2. The third-order valence-corrected chi connectivity index (χ3v) is 4.51. The summed E-state index contributed by atoms with van der Waals surface area (Å²) in [5.41, 5.74) is 1.14. The fourth-order valence-electron chi connectivity index (χ4n) is 2.78. The second-order valence-corrected chi connectivity index (χ2v) is 6.63. The number of pyridine rings is 1. The molecule has 1 fully saturated rings. The topological polar surface area (TPSA) is 74.3 Å². The fourth-order valence-corrected chi connectivity index (χ4v) is 2.78. The fraction of sp³-hybridized carbons (Fsp3) is 0.684. The van der Waals surface area contributed by atoms with Crippen molar-refractivity contribution >= 4 is 11.8 Å². The Balaban J connectivity index is 1.65. The molecule has 2 N–H and O–H groups in total. The highest BCUT2D eigenvalue weighted by molar-refractivity contribution is 5.79. The molecule has 0 aromatic carbocycles. The number of piperazine rings is 1. The van der Waals surface area contributed by atoms with Gasteiger partial charge in [0, 0.05) is 66.2 Å². The first-order valence-electron chi connectivity index (χ1n) is 9.62. The van der Waals surface area contributed by atoms with Crippen LogP contribution in [0.1, 0.15) is 12.0 Å². The van der Waals surface area contributed by atoms with Crippen molar-refractivity contribution in [3.05, 3.63) is 23.9 Å². The smallest absolute Gasteiger partial charge is 0.191 e. The predicted molar refractivity (Wildman–Crippen MR) is 109 cm³/mol. The highest BCUT2D eigenvalue weighted by Crippen LogP contribution is 2.13. The summed E-state index contributed by atoms with van der Waals surface area (Å²) in [4.78, 5) is 13.6. The largest absolute Gasteiger partial charge is 0.382 e. The monoisotopic (exact) mass is 378 g/mol. The zero-order valence-electron chi connectivity index (χ0n) is 16.9. The van der Waals surface area contributed by atoms with Gasteiger partial charge in [0.15, 0.2) is 5.96 Å². The van der Waals surface area contributed by atoms with Gasteiger partial charge in [0.25, 0.3) is 0 Å². The van der Waals surface area contributed by atoms with Crippen molar-refractivity contribution in [3.8, 4) is 0 Å². The second-order valence-electron chi connectivity index (χ2n) is 6.63. The van der Waals surface area contributed by atoms with E-state index in [0.717, 1.165) is 56.5 Å². The Morgan fingerprint density at radius 1 is 1.15 bits per heavy atom. The summed E-state index contributed by atoms with van der Waals surface area (Å²) < 4.78 is 10.4. The van der Waals surface area contributed by atoms with Crippen LogP contribution in [-0.2, 0) is 16.0 Å². The van der Waals surface area contributed by atoms with Gasteiger partial charge in [-0.05, 0) is 25.1 Å². The Kier molecular flexibility index (Phi) is 9.89. The summed E-state index contributed by atoms with van der Waals surface area (Å²) >= 11 is 0. The van der Waals surface area contributed by atoms with Crippen LogP contribution in [-0.4, -0.2) is 89.6 Å². The van der Waals surface area contributed by atoms with Crippen LogP contribution in [0.3, 0.4) is 0 Å². The average Bonchev–Trinajstić information content (AvgIpc) is 2.70. The molecule has 0 spiro atoms. The van der Waals surface area contributed by atoms with Gasteiger partial charge in [0.2, 0.25) is 0 Å². The number of rotatable bonds is 10. The number of anilines is 1. The molecule has 0 radical (unpaired) electrons. The van der Waals surface area contributed by atoms with E-state index in [1.165, 1.54) is 0 Å². The number of nitrogens with zero attached hydrogens (tertiary/aromatic N) is 4. The number of hydrogen-bond acceptors (Lipinski definition) is 6. The minimum atomic E-state index is 0.637. The zero-order valence-corrected chi connectivity index (χ0v) is 16.9. The van der Waals surface area contributed by atoms with Crippen molar-refractivity contribution in [3.63, 3.8) is 0 Å². The standard InChI is InChI=1S/C19H34N6O2/c1-20-19(21-7-4-12-27-14-13-26-3)23-16-17-5-6-18(22-15-17)25-10-8-24(2)9-11-25/h5-6,15H,4,7-14,16H2,1-3H3,(H2,20,21,23). The van der Waals surface area contributed by atoms with Crippen LogP contribution >= 0.6 is 0 Å². The molecule has 1 aliphatic rings. The number of aliphatic imine (C=N–C) groups is 1. The van der Waals surface area contributed by atoms with Crippen LogP contribution in [0.2, 0.25) is 0 Å². The van der Waals surface area contributed by atoms with Crippen molar-refractivity contribution < 1.29 is 9.47 Å². The number of aromatic nitrogens is 1. The minimum absolute atomic E-state index is 0.637. The maximum absolute atomic E-state index is 5.45. The van der Waals surface area contributed by atoms with Gasteiger partial charge in [-0.1, -0.05) is 6.07 Å². The van der Waals surface area contributed by atoms with E-state index < -0.39 is 0 Å². The summed E-state index contributed by atoms with van der Waals surface area (Å²) in [6, 6.07) is 4.24. The van der Waals surface area contributed by atoms with Gasteiger partial charge in [0.05, 0.1) is 13.2 Å². The van der Waals surface area contributed by atoms with Gasteiger partial charge in [-0.3, -0.25) is 4.99 Å². The average molecular weight is 379 g/mol. The zero-order chi connectivity index (χ0) is 19.3. The van der Waals surface area contributed by atoms with Gasteiger partial charge in [0.1, 0.15) is 5.82 Å².